The number of unbranched alkanes of at least 4 members (excludes halogenated alkanes) is 1. The van der Waals surface area contributed by atoms with Gasteiger partial charge in [0.1, 0.15) is 11.8 Å². The number of rotatable bonds is 10. The Balaban J connectivity index is 2.17. The number of amides is 2. The highest BCUT2D eigenvalue weighted by atomic mass is 35.5. The van der Waals surface area contributed by atoms with Gasteiger partial charge in [0.05, 0.1) is 0 Å². The maximum atomic E-state index is 13.1. The molecule has 5 nitrogen and oxygen atoms in total. The normalized spacial score (nSPS) is 11.7. The summed E-state index contributed by atoms with van der Waals surface area (Å²) < 4.78 is 5.78. The van der Waals surface area contributed by atoms with Gasteiger partial charge in [0.15, 0.2) is 6.61 Å². The van der Waals surface area contributed by atoms with Crippen LogP contribution in [-0.2, 0) is 16.1 Å². The molecule has 0 unspecified atom stereocenters. The maximum absolute atomic E-state index is 13.1. The summed E-state index contributed by atoms with van der Waals surface area (Å²) in [5.41, 5.74) is 3.86. The van der Waals surface area contributed by atoms with E-state index in [1.54, 1.807) is 11.8 Å². The summed E-state index contributed by atoms with van der Waals surface area (Å²) in [6.07, 6.45) is 1.90. The number of carbonyl (C=O) groups is 2. The zero-order valence-electron chi connectivity index (χ0n) is 19.1. The minimum absolute atomic E-state index is 0.154. The van der Waals surface area contributed by atoms with Crippen LogP contribution in [0.3, 0.4) is 0 Å². The molecule has 1 N–H and O–H groups in total. The molecule has 0 aliphatic heterocycles. The van der Waals surface area contributed by atoms with Crippen LogP contribution in [0, 0.1) is 20.8 Å². The number of ether oxygens (including phenoxy) is 1. The molecule has 31 heavy (non-hydrogen) atoms. The first-order valence-electron chi connectivity index (χ1n) is 10.8. The molecule has 1 atom stereocenters. The Morgan fingerprint density at radius 2 is 1.74 bits per heavy atom. The molecule has 2 aromatic rings. The van der Waals surface area contributed by atoms with Crippen LogP contribution >= 0.6 is 11.6 Å². The third kappa shape index (κ3) is 7.00. The van der Waals surface area contributed by atoms with Crippen molar-refractivity contribution < 1.29 is 14.3 Å². The highest BCUT2D eigenvalue weighted by Crippen LogP contribution is 2.26. The Morgan fingerprint density at radius 3 is 2.35 bits per heavy atom. The van der Waals surface area contributed by atoms with Gasteiger partial charge in [-0.3, -0.25) is 9.59 Å². The summed E-state index contributed by atoms with van der Waals surface area (Å²) in [5.74, 6) is 0.184. The molecule has 6 heteroatoms. The number of halogens is 1. The van der Waals surface area contributed by atoms with Crippen molar-refractivity contribution in [2.45, 2.75) is 60.0 Å². The zero-order valence-corrected chi connectivity index (χ0v) is 19.9. The molecule has 168 valence electrons. The van der Waals surface area contributed by atoms with Crippen molar-refractivity contribution in [2.75, 3.05) is 13.2 Å². The topological polar surface area (TPSA) is 58.6 Å². The van der Waals surface area contributed by atoms with Gasteiger partial charge in [0, 0.05) is 18.1 Å². The van der Waals surface area contributed by atoms with Crippen molar-refractivity contribution in [1.82, 2.24) is 10.2 Å². The molecule has 0 saturated carbocycles. The predicted octanol–water partition coefficient (Wildman–Crippen LogP) is 4.98. The van der Waals surface area contributed by atoms with Crippen LogP contribution in [0.25, 0.3) is 0 Å². The standard InChI is InChI=1S/C25H33ClN2O3/c1-6-7-12-27-25(30)20(5)28(15-21-11-9-8-10-17(21)2)23(29)16-31-22-13-18(3)24(26)19(4)14-22/h8-11,13-14,20H,6-7,12,15-16H2,1-5H3,(H,27,30)/t20-/m1/s1. The number of nitrogens with one attached hydrogen (secondary N) is 1. The average Bonchev–Trinajstić information content (AvgIpc) is 2.74. The van der Waals surface area contributed by atoms with E-state index in [1.165, 1.54) is 0 Å². The Labute approximate surface area is 190 Å². The largest absolute Gasteiger partial charge is 0.484 e. The van der Waals surface area contributed by atoms with Crippen molar-refractivity contribution >= 4 is 23.4 Å². The van der Waals surface area contributed by atoms with Gasteiger partial charge in [0.25, 0.3) is 5.91 Å². The van der Waals surface area contributed by atoms with E-state index in [2.05, 4.69) is 12.2 Å². The van der Waals surface area contributed by atoms with Crippen LogP contribution in [0.2, 0.25) is 5.02 Å². The molecule has 0 saturated heterocycles. The highest BCUT2D eigenvalue weighted by Gasteiger charge is 2.26. The van der Waals surface area contributed by atoms with Gasteiger partial charge in [-0.05, 0) is 68.5 Å². The molecule has 0 bridgehead atoms. The van der Waals surface area contributed by atoms with Crippen LogP contribution in [0.5, 0.6) is 5.75 Å². The molecule has 0 fully saturated rings. The summed E-state index contributed by atoms with van der Waals surface area (Å²) >= 11 is 6.22. The lowest BCUT2D eigenvalue weighted by Gasteiger charge is -2.29. The number of hydrogen-bond donors (Lipinski definition) is 1. The second kappa shape index (κ2) is 11.8. The number of benzene rings is 2. The molecule has 2 aromatic carbocycles. The maximum Gasteiger partial charge on any atom is 0.261 e. The molecule has 0 aromatic heterocycles. The van der Waals surface area contributed by atoms with E-state index < -0.39 is 6.04 Å². The molecule has 0 aliphatic rings. The van der Waals surface area contributed by atoms with Crippen LogP contribution in [0.1, 0.15) is 48.9 Å². The smallest absolute Gasteiger partial charge is 0.261 e. The molecular weight excluding hydrogens is 412 g/mol. The first kappa shape index (κ1) is 24.7. The van der Waals surface area contributed by atoms with Gasteiger partial charge < -0.3 is 15.0 Å². The fraction of sp³-hybridized carbons (Fsp3) is 0.440. The summed E-state index contributed by atoms with van der Waals surface area (Å²) in [7, 11) is 0. The van der Waals surface area contributed by atoms with Crippen LogP contribution < -0.4 is 10.1 Å². The van der Waals surface area contributed by atoms with E-state index in [-0.39, 0.29) is 18.4 Å². The van der Waals surface area contributed by atoms with Crippen molar-refractivity contribution in [2.24, 2.45) is 0 Å². The van der Waals surface area contributed by atoms with Gasteiger partial charge in [-0.15, -0.1) is 0 Å². The Kier molecular flexibility index (Phi) is 9.38. The van der Waals surface area contributed by atoms with E-state index in [1.807, 2.05) is 57.2 Å². The van der Waals surface area contributed by atoms with E-state index >= 15 is 0 Å². The van der Waals surface area contributed by atoms with Crippen LogP contribution in [0.4, 0.5) is 0 Å². The second-order valence-corrected chi connectivity index (χ2v) is 8.31. The predicted molar refractivity (Wildman–Crippen MR) is 126 cm³/mol. The quantitative estimate of drug-likeness (QED) is 0.526. The fourth-order valence-corrected chi connectivity index (χ4v) is 3.42. The van der Waals surface area contributed by atoms with Crippen LogP contribution in [-0.4, -0.2) is 35.9 Å². The van der Waals surface area contributed by atoms with Gasteiger partial charge in [-0.2, -0.15) is 0 Å². The van der Waals surface area contributed by atoms with E-state index in [9.17, 15) is 9.59 Å². The summed E-state index contributed by atoms with van der Waals surface area (Å²) in [4.78, 5) is 27.4. The third-order valence-corrected chi connectivity index (χ3v) is 5.97. The number of carbonyl (C=O) groups excluding carboxylic acids is 2. The molecule has 2 amide bonds. The van der Waals surface area contributed by atoms with E-state index in [4.69, 9.17) is 16.3 Å². The van der Waals surface area contributed by atoms with Crippen molar-refractivity contribution in [3.8, 4) is 5.75 Å². The SMILES string of the molecule is CCCCNC(=O)[C@@H](C)N(Cc1ccccc1C)C(=O)COc1cc(C)c(Cl)c(C)c1. The van der Waals surface area contributed by atoms with Gasteiger partial charge >= 0.3 is 0 Å². The monoisotopic (exact) mass is 444 g/mol. The Bertz CT molecular complexity index is 890. The van der Waals surface area contributed by atoms with E-state index in [0.29, 0.717) is 23.9 Å². The molecule has 0 heterocycles. The molecule has 0 spiro atoms. The third-order valence-electron chi connectivity index (χ3n) is 5.37. The lowest BCUT2D eigenvalue weighted by Crippen LogP contribution is -2.49. The number of aryl methyl sites for hydroxylation is 3. The van der Waals surface area contributed by atoms with Crippen molar-refractivity contribution in [3.05, 3.63) is 63.7 Å². The molecule has 2 rings (SSSR count). The molecular formula is C25H33ClN2O3. The number of nitrogens with zero attached hydrogens (tertiary/aromatic N) is 1. The Hall–Kier alpha value is -2.53. The van der Waals surface area contributed by atoms with Gasteiger partial charge in [-0.1, -0.05) is 49.2 Å². The molecule has 0 aliphatic carbocycles. The lowest BCUT2D eigenvalue weighted by atomic mass is 10.1. The van der Waals surface area contributed by atoms with Crippen molar-refractivity contribution in [3.63, 3.8) is 0 Å². The Morgan fingerprint density at radius 1 is 1.10 bits per heavy atom. The lowest BCUT2D eigenvalue weighted by molar-refractivity contribution is -0.142. The van der Waals surface area contributed by atoms with E-state index in [0.717, 1.165) is 35.1 Å². The summed E-state index contributed by atoms with van der Waals surface area (Å²) in [6, 6.07) is 10.9. The van der Waals surface area contributed by atoms with Gasteiger partial charge in [0.2, 0.25) is 5.91 Å². The fourth-order valence-electron chi connectivity index (χ4n) is 3.31. The van der Waals surface area contributed by atoms with Gasteiger partial charge in [-0.25, -0.2) is 0 Å². The summed E-state index contributed by atoms with van der Waals surface area (Å²) in [6.45, 7) is 10.4. The minimum Gasteiger partial charge on any atom is -0.484 e. The highest BCUT2D eigenvalue weighted by molar-refractivity contribution is 6.32. The van der Waals surface area contributed by atoms with Crippen molar-refractivity contribution in [1.29, 1.82) is 0 Å². The first-order chi connectivity index (χ1) is 14.7. The first-order valence-corrected chi connectivity index (χ1v) is 11.1. The average molecular weight is 445 g/mol. The zero-order chi connectivity index (χ0) is 23.0. The second-order valence-electron chi connectivity index (χ2n) is 7.93. The molecule has 0 radical (unpaired) electrons. The minimum atomic E-state index is -0.610. The number of hydrogen-bond acceptors (Lipinski definition) is 3. The summed E-state index contributed by atoms with van der Waals surface area (Å²) in [5, 5.41) is 3.62. The van der Waals surface area contributed by atoms with Crippen LogP contribution in [0.15, 0.2) is 36.4 Å².